The average molecular weight is 859 g/mol. The SMILES string of the molecule is Cc1ccc2c(c1)c1cc(C)ccc1n2-c1c(C#N)c(-c2ccc(C#N)cc2)c(C#N)c(-n2c3ccc(C)cc3c3cc(C)ccc32)c1C1C=Cc2c(c3ccccc3n2-c2ccccc2)C1. The minimum Gasteiger partial charge on any atom is -0.310 e. The van der Waals surface area contributed by atoms with Crippen molar-refractivity contribution in [3.05, 3.63) is 214 Å². The lowest BCUT2D eigenvalue weighted by Gasteiger charge is -2.30. The zero-order valence-corrected chi connectivity index (χ0v) is 37.6. The molecule has 0 spiro atoms. The van der Waals surface area contributed by atoms with E-state index in [1.54, 1.807) is 12.1 Å². The molecule has 3 aromatic heterocycles. The summed E-state index contributed by atoms with van der Waals surface area (Å²) in [6, 6.07) is 60.5. The van der Waals surface area contributed by atoms with Crippen molar-refractivity contribution in [3.63, 3.8) is 0 Å². The highest BCUT2D eigenvalue weighted by Crippen LogP contribution is 2.50. The number of fused-ring (bicyclic) bond motifs is 9. The summed E-state index contributed by atoms with van der Waals surface area (Å²) in [7, 11) is 0. The van der Waals surface area contributed by atoms with E-state index in [2.05, 4.69) is 193 Å². The number of nitriles is 3. The number of para-hydroxylation sites is 2. The van der Waals surface area contributed by atoms with Gasteiger partial charge in [0.2, 0.25) is 0 Å². The lowest BCUT2D eigenvalue weighted by atomic mass is 9.80. The average Bonchev–Trinajstić information content (AvgIpc) is 3.97. The van der Waals surface area contributed by atoms with Crippen LogP contribution >= 0.6 is 0 Å². The summed E-state index contributed by atoms with van der Waals surface area (Å²) >= 11 is 0. The third-order valence-corrected chi connectivity index (χ3v) is 13.9. The fourth-order valence-electron chi connectivity index (χ4n) is 11.0. The van der Waals surface area contributed by atoms with Crippen LogP contribution in [0, 0.1) is 61.7 Å². The van der Waals surface area contributed by atoms with Gasteiger partial charge in [-0.3, -0.25) is 0 Å². The van der Waals surface area contributed by atoms with Gasteiger partial charge in [0.25, 0.3) is 0 Å². The molecule has 1 unspecified atom stereocenters. The van der Waals surface area contributed by atoms with Gasteiger partial charge in [-0.1, -0.05) is 101 Å². The molecule has 0 amide bonds. The highest BCUT2D eigenvalue weighted by molar-refractivity contribution is 6.12. The third-order valence-electron chi connectivity index (χ3n) is 13.9. The van der Waals surface area contributed by atoms with Crippen LogP contribution in [0.2, 0.25) is 0 Å². The van der Waals surface area contributed by atoms with Gasteiger partial charge in [-0.2, -0.15) is 15.8 Å². The van der Waals surface area contributed by atoms with E-state index in [1.807, 2.05) is 18.2 Å². The topological polar surface area (TPSA) is 86.2 Å². The number of hydrogen-bond donors (Lipinski definition) is 0. The molecule has 0 saturated heterocycles. The molecule has 8 aromatic carbocycles. The summed E-state index contributed by atoms with van der Waals surface area (Å²) in [5.41, 5.74) is 17.9. The van der Waals surface area contributed by atoms with Gasteiger partial charge < -0.3 is 13.7 Å². The Morgan fingerprint density at radius 3 is 1.40 bits per heavy atom. The van der Waals surface area contributed by atoms with Crippen molar-refractivity contribution in [1.82, 2.24) is 13.7 Å². The second-order valence-corrected chi connectivity index (χ2v) is 18.1. The Morgan fingerprint density at radius 1 is 0.463 bits per heavy atom. The van der Waals surface area contributed by atoms with Crippen molar-refractivity contribution < 1.29 is 0 Å². The summed E-state index contributed by atoms with van der Waals surface area (Å²) in [6.07, 6.45) is 5.17. The highest BCUT2D eigenvalue weighted by Gasteiger charge is 2.35. The first-order chi connectivity index (χ1) is 32.8. The van der Waals surface area contributed by atoms with Crippen LogP contribution in [0.25, 0.3) is 88.8 Å². The van der Waals surface area contributed by atoms with E-state index < -0.39 is 0 Å². The molecule has 0 bridgehead atoms. The van der Waals surface area contributed by atoms with Gasteiger partial charge in [0.1, 0.15) is 12.1 Å². The van der Waals surface area contributed by atoms with Crippen LogP contribution in [-0.4, -0.2) is 13.7 Å². The molecule has 0 N–H and O–H groups in total. The summed E-state index contributed by atoms with van der Waals surface area (Å²) in [5, 5.41) is 39.3. The van der Waals surface area contributed by atoms with Gasteiger partial charge in [-0.25, -0.2) is 0 Å². The van der Waals surface area contributed by atoms with E-state index in [4.69, 9.17) is 0 Å². The maximum Gasteiger partial charge on any atom is 0.102 e. The molecular formula is C61H42N6. The van der Waals surface area contributed by atoms with Crippen molar-refractivity contribution >= 4 is 60.6 Å². The second-order valence-electron chi connectivity index (χ2n) is 18.1. The van der Waals surface area contributed by atoms with Crippen molar-refractivity contribution in [1.29, 1.82) is 15.8 Å². The molecule has 1 atom stereocenters. The molecule has 11 aromatic rings. The van der Waals surface area contributed by atoms with Crippen molar-refractivity contribution in [2.24, 2.45) is 0 Å². The first-order valence-corrected chi connectivity index (χ1v) is 22.7. The molecule has 1 aliphatic carbocycles. The minimum atomic E-state index is -0.298. The first kappa shape index (κ1) is 39.7. The van der Waals surface area contributed by atoms with Gasteiger partial charge >= 0.3 is 0 Å². The van der Waals surface area contributed by atoms with Crippen molar-refractivity contribution in [2.45, 2.75) is 40.0 Å². The molecule has 3 heterocycles. The van der Waals surface area contributed by atoms with E-state index in [0.717, 1.165) is 99.7 Å². The summed E-state index contributed by atoms with van der Waals surface area (Å²) < 4.78 is 6.95. The number of aryl methyl sites for hydroxylation is 4. The Morgan fingerprint density at radius 2 is 0.925 bits per heavy atom. The van der Waals surface area contributed by atoms with Gasteiger partial charge in [-0.15, -0.1) is 0 Å². The second kappa shape index (κ2) is 15.1. The monoisotopic (exact) mass is 858 g/mol. The molecule has 0 saturated carbocycles. The minimum absolute atomic E-state index is 0.298. The van der Waals surface area contributed by atoms with E-state index >= 15 is 0 Å². The Labute approximate surface area is 388 Å². The van der Waals surface area contributed by atoms with Gasteiger partial charge in [0.05, 0.1) is 61.7 Å². The molecule has 0 radical (unpaired) electrons. The first-order valence-electron chi connectivity index (χ1n) is 22.7. The lowest BCUT2D eigenvalue weighted by Crippen LogP contribution is -2.18. The van der Waals surface area contributed by atoms with Crippen LogP contribution in [0.15, 0.2) is 158 Å². The largest absolute Gasteiger partial charge is 0.310 e. The maximum absolute atomic E-state index is 11.9. The number of aromatic nitrogens is 3. The summed E-state index contributed by atoms with van der Waals surface area (Å²) in [4.78, 5) is 0. The predicted molar refractivity (Wildman–Crippen MR) is 272 cm³/mol. The van der Waals surface area contributed by atoms with Crippen LogP contribution in [-0.2, 0) is 6.42 Å². The van der Waals surface area contributed by atoms with Crippen LogP contribution in [0.3, 0.4) is 0 Å². The number of nitrogens with zero attached hydrogens (tertiary/aromatic N) is 6. The van der Waals surface area contributed by atoms with E-state index in [1.165, 1.54) is 10.9 Å². The normalized spacial score (nSPS) is 13.4. The Hall–Kier alpha value is -8.89. The molecule has 12 rings (SSSR count). The van der Waals surface area contributed by atoms with Gasteiger partial charge in [-0.05, 0) is 130 Å². The van der Waals surface area contributed by atoms with Gasteiger partial charge in [0.15, 0.2) is 0 Å². The number of allylic oxidation sites excluding steroid dienone is 1. The summed E-state index contributed by atoms with van der Waals surface area (Å²) in [5.74, 6) is -0.298. The highest BCUT2D eigenvalue weighted by atomic mass is 15.0. The van der Waals surface area contributed by atoms with Gasteiger partial charge in [0, 0.05) is 55.4 Å². The molecule has 1 aliphatic rings. The van der Waals surface area contributed by atoms with Crippen LogP contribution in [0.5, 0.6) is 0 Å². The van der Waals surface area contributed by atoms with E-state index in [9.17, 15) is 15.8 Å². The fraction of sp³-hybridized carbons (Fsp3) is 0.0984. The smallest absolute Gasteiger partial charge is 0.102 e. The molecule has 67 heavy (non-hydrogen) atoms. The third kappa shape index (κ3) is 5.92. The lowest BCUT2D eigenvalue weighted by molar-refractivity contribution is 0.807. The molecule has 6 heteroatoms. The van der Waals surface area contributed by atoms with E-state index in [0.29, 0.717) is 34.2 Å². The number of rotatable bonds is 5. The standard InChI is InChI=1S/C61H42N6/c1-36-14-23-54-45(28-36)46-29-37(2)15-24-55(46)66(54)60-50(34-63)58(41-20-18-40(33-62)19-21-41)51(35-64)61(67-56-25-16-38(3)30-47(56)48-31-39(4)17-26-57(48)67)59(60)42-22-27-53-49(32-42)44-12-8-9-13-52(44)65(53)43-10-6-5-7-11-43/h5-31,42H,32H2,1-4H3. The summed E-state index contributed by atoms with van der Waals surface area (Å²) in [6.45, 7) is 8.48. The molecule has 0 aliphatic heterocycles. The van der Waals surface area contributed by atoms with Crippen LogP contribution in [0.4, 0.5) is 0 Å². The quantitative estimate of drug-likeness (QED) is 0.173. The van der Waals surface area contributed by atoms with Crippen molar-refractivity contribution in [2.75, 3.05) is 0 Å². The Kier molecular flexibility index (Phi) is 8.95. The Bertz CT molecular complexity index is 3790. The van der Waals surface area contributed by atoms with Crippen LogP contribution < -0.4 is 0 Å². The maximum atomic E-state index is 11.9. The zero-order valence-electron chi connectivity index (χ0n) is 37.6. The number of hydrogen-bond acceptors (Lipinski definition) is 3. The van der Waals surface area contributed by atoms with Crippen molar-refractivity contribution in [3.8, 4) is 46.4 Å². The fourth-order valence-corrected chi connectivity index (χ4v) is 11.0. The molecule has 316 valence electrons. The Balaban J connectivity index is 1.31. The molecule has 0 fully saturated rings. The molecule has 6 nitrogen and oxygen atoms in total. The molecular weight excluding hydrogens is 817 g/mol. The zero-order chi connectivity index (χ0) is 45.7. The number of benzene rings is 8. The van der Waals surface area contributed by atoms with Crippen LogP contribution in [0.1, 0.15) is 61.7 Å². The van der Waals surface area contributed by atoms with E-state index in [-0.39, 0.29) is 5.92 Å². The predicted octanol–water partition coefficient (Wildman–Crippen LogP) is 14.7.